The maximum Gasteiger partial charge on any atom is 0.315 e. The van der Waals surface area contributed by atoms with E-state index in [1.54, 1.807) is 0 Å². The predicted molar refractivity (Wildman–Crippen MR) is 97.7 cm³/mol. The van der Waals surface area contributed by atoms with Crippen LogP contribution in [0.4, 0.5) is 4.79 Å². The standard InChI is InChI=1S/C17H29N3O4S/c1-3-17(4-2,9-14(22)23)20-13(21)8-6-5-7-12-15-11(10-25-12)18-16(24)19-15/h11-12,15H,3-10H2,1-2H3,(H,20,21)(H,22,23)(H2,18,19,24)/t11-,12-,15-/m0/s1. The summed E-state index contributed by atoms with van der Waals surface area (Å²) in [6.45, 7) is 3.81. The molecule has 3 atom stereocenters. The molecule has 142 valence electrons. The molecule has 4 N–H and O–H groups in total. The Morgan fingerprint density at radius 2 is 2.00 bits per heavy atom. The highest BCUT2D eigenvalue weighted by Crippen LogP contribution is 2.33. The summed E-state index contributed by atoms with van der Waals surface area (Å²) in [5.74, 6) is -0.0130. The van der Waals surface area contributed by atoms with Crippen molar-refractivity contribution in [3.63, 3.8) is 0 Å². The van der Waals surface area contributed by atoms with Crippen molar-refractivity contribution in [2.45, 2.75) is 81.7 Å². The molecule has 0 aromatic carbocycles. The van der Waals surface area contributed by atoms with Crippen molar-refractivity contribution in [3.8, 4) is 0 Å². The number of hydrogen-bond acceptors (Lipinski definition) is 4. The minimum atomic E-state index is -0.885. The number of carboxylic acid groups (broad SMARTS) is 1. The molecule has 0 bridgehead atoms. The Balaban J connectivity index is 1.69. The van der Waals surface area contributed by atoms with Crippen molar-refractivity contribution in [1.82, 2.24) is 16.0 Å². The molecule has 2 heterocycles. The first-order chi connectivity index (χ1) is 11.9. The smallest absolute Gasteiger partial charge is 0.315 e. The molecule has 0 saturated carbocycles. The van der Waals surface area contributed by atoms with Gasteiger partial charge in [0.1, 0.15) is 0 Å². The second-order valence-electron chi connectivity index (χ2n) is 6.97. The number of carboxylic acids is 1. The maximum absolute atomic E-state index is 12.2. The normalized spacial score (nSPS) is 25.2. The Morgan fingerprint density at radius 1 is 1.28 bits per heavy atom. The summed E-state index contributed by atoms with van der Waals surface area (Å²) in [7, 11) is 0. The summed E-state index contributed by atoms with van der Waals surface area (Å²) in [4.78, 5) is 34.6. The van der Waals surface area contributed by atoms with E-state index in [0.29, 0.717) is 24.5 Å². The van der Waals surface area contributed by atoms with Crippen molar-refractivity contribution in [2.75, 3.05) is 5.75 Å². The molecule has 3 amide bonds. The molecule has 0 radical (unpaired) electrons. The van der Waals surface area contributed by atoms with Crippen molar-refractivity contribution < 1.29 is 19.5 Å². The largest absolute Gasteiger partial charge is 0.481 e. The molecule has 2 rings (SSSR count). The molecule has 0 spiro atoms. The summed E-state index contributed by atoms with van der Waals surface area (Å²) < 4.78 is 0. The molecule has 0 unspecified atom stereocenters. The molecule has 25 heavy (non-hydrogen) atoms. The number of nitrogens with one attached hydrogen (secondary N) is 3. The van der Waals surface area contributed by atoms with E-state index in [-0.39, 0.29) is 30.4 Å². The van der Waals surface area contributed by atoms with Gasteiger partial charge in [0.05, 0.1) is 18.5 Å². The summed E-state index contributed by atoms with van der Waals surface area (Å²) in [5, 5.41) is 18.3. The molecule has 2 aliphatic heterocycles. The number of unbranched alkanes of at least 4 members (excludes halogenated alkanes) is 1. The minimum Gasteiger partial charge on any atom is -0.481 e. The lowest BCUT2D eigenvalue weighted by atomic mass is 9.88. The number of hydrogen-bond donors (Lipinski definition) is 4. The molecular weight excluding hydrogens is 342 g/mol. The topological polar surface area (TPSA) is 108 Å². The van der Waals surface area contributed by atoms with Gasteiger partial charge in [-0.25, -0.2) is 4.79 Å². The number of fused-ring (bicyclic) bond motifs is 1. The van der Waals surface area contributed by atoms with Gasteiger partial charge in [-0.05, 0) is 25.7 Å². The first-order valence-corrected chi connectivity index (χ1v) is 10.2. The van der Waals surface area contributed by atoms with Gasteiger partial charge in [-0.15, -0.1) is 0 Å². The van der Waals surface area contributed by atoms with Gasteiger partial charge < -0.3 is 21.1 Å². The van der Waals surface area contributed by atoms with Crippen LogP contribution in [0.5, 0.6) is 0 Å². The summed E-state index contributed by atoms with van der Waals surface area (Å²) >= 11 is 1.88. The third-order valence-electron chi connectivity index (χ3n) is 5.33. The molecule has 2 aliphatic rings. The number of thioether (sulfide) groups is 1. The quantitative estimate of drug-likeness (QED) is 0.346. The van der Waals surface area contributed by atoms with Crippen LogP contribution in [0, 0.1) is 0 Å². The van der Waals surface area contributed by atoms with Crippen LogP contribution in [-0.4, -0.2) is 51.6 Å². The monoisotopic (exact) mass is 371 g/mol. The zero-order chi connectivity index (χ0) is 18.4. The van der Waals surface area contributed by atoms with Crippen molar-refractivity contribution >= 4 is 29.7 Å². The average molecular weight is 372 g/mol. The van der Waals surface area contributed by atoms with E-state index >= 15 is 0 Å². The fraction of sp³-hybridized carbons (Fsp3) is 0.824. The summed E-state index contributed by atoms with van der Waals surface area (Å²) in [5.41, 5.74) is -0.642. The van der Waals surface area contributed by atoms with Gasteiger partial charge in [0.15, 0.2) is 0 Å². The van der Waals surface area contributed by atoms with Crippen LogP contribution in [0.2, 0.25) is 0 Å². The number of amides is 3. The van der Waals surface area contributed by atoms with Crippen LogP contribution in [0.1, 0.15) is 58.8 Å². The second-order valence-corrected chi connectivity index (χ2v) is 8.25. The van der Waals surface area contributed by atoms with E-state index in [4.69, 9.17) is 5.11 Å². The van der Waals surface area contributed by atoms with E-state index in [1.165, 1.54) is 0 Å². The van der Waals surface area contributed by atoms with E-state index in [0.717, 1.165) is 25.0 Å². The number of rotatable bonds is 10. The highest BCUT2D eigenvalue weighted by molar-refractivity contribution is 8.00. The molecule has 2 fully saturated rings. The van der Waals surface area contributed by atoms with Gasteiger partial charge in [-0.2, -0.15) is 11.8 Å². The Kier molecular flexibility index (Phi) is 6.98. The SMILES string of the molecule is CCC(CC)(CC(=O)O)NC(=O)CCCC[C@@H]1SC[C@@H]2NC(=O)N[C@@H]21. The minimum absolute atomic E-state index is 0.0414. The predicted octanol–water partition coefficient (Wildman–Crippen LogP) is 1.86. The molecule has 7 nitrogen and oxygen atoms in total. The number of aliphatic carboxylic acids is 1. The molecule has 0 aliphatic carbocycles. The van der Waals surface area contributed by atoms with E-state index in [2.05, 4.69) is 16.0 Å². The van der Waals surface area contributed by atoms with Crippen LogP contribution in [0.3, 0.4) is 0 Å². The third-order valence-corrected chi connectivity index (χ3v) is 6.84. The van der Waals surface area contributed by atoms with Crippen molar-refractivity contribution in [3.05, 3.63) is 0 Å². The fourth-order valence-electron chi connectivity index (χ4n) is 3.64. The molecular formula is C17H29N3O4S. The van der Waals surface area contributed by atoms with E-state index < -0.39 is 11.5 Å². The first-order valence-electron chi connectivity index (χ1n) is 9.10. The molecule has 2 saturated heterocycles. The Hall–Kier alpha value is -1.44. The number of carbonyl (C=O) groups is 3. The molecule has 0 aromatic heterocycles. The van der Waals surface area contributed by atoms with Crippen LogP contribution in [0.15, 0.2) is 0 Å². The van der Waals surface area contributed by atoms with Gasteiger partial charge in [0.2, 0.25) is 5.91 Å². The lowest BCUT2D eigenvalue weighted by Crippen LogP contribution is -2.49. The Bertz CT molecular complexity index is 510. The molecule has 0 aromatic rings. The van der Waals surface area contributed by atoms with Gasteiger partial charge in [0, 0.05) is 23.0 Å². The van der Waals surface area contributed by atoms with Crippen LogP contribution in [0.25, 0.3) is 0 Å². The first kappa shape index (κ1) is 19.9. The van der Waals surface area contributed by atoms with Crippen molar-refractivity contribution in [1.29, 1.82) is 0 Å². The second kappa shape index (κ2) is 8.78. The van der Waals surface area contributed by atoms with Crippen LogP contribution in [-0.2, 0) is 9.59 Å². The number of carbonyl (C=O) groups excluding carboxylic acids is 2. The zero-order valence-corrected chi connectivity index (χ0v) is 15.8. The summed E-state index contributed by atoms with van der Waals surface area (Å²) in [6.07, 6.45) is 4.26. The van der Waals surface area contributed by atoms with Crippen molar-refractivity contribution in [2.24, 2.45) is 0 Å². The Labute approximate surface area is 153 Å². The van der Waals surface area contributed by atoms with Gasteiger partial charge >= 0.3 is 12.0 Å². The fourth-order valence-corrected chi connectivity index (χ4v) is 5.19. The van der Waals surface area contributed by atoms with Gasteiger partial charge in [-0.1, -0.05) is 20.3 Å². The molecule has 8 heteroatoms. The maximum atomic E-state index is 12.2. The van der Waals surface area contributed by atoms with Crippen LogP contribution >= 0.6 is 11.8 Å². The van der Waals surface area contributed by atoms with Gasteiger partial charge in [0.25, 0.3) is 0 Å². The van der Waals surface area contributed by atoms with E-state index in [1.807, 2.05) is 25.6 Å². The lowest BCUT2D eigenvalue weighted by molar-refractivity contribution is -0.139. The highest BCUT2D eigenvalue weighted by atomic mass is 32.2. The lowest BCUT2D eigenvalue weighted by Gasteiger charge is -2.31. The third kappa shape index (κ3) is 5.26. The van der Waals surface area contributed by atoms with Crippen LogP contribution < -0.4 is 16.0 Å². The summed E-state index contributed by atoms with van der Waals surface area (Å²) in [6, 6.07) is 0.361. The highest BCUT2D eigenvalue weighted by Gasteiger charge is 2.42. The Morgan fingerprint density at radius 3 is 2.64 bits per heavy atom. The van der Waals surface area contributed by atoms with Gasteiger partial charge in [-0.3, -0.25) is 9.59 Å². The zero-order valence-electron chi connectivity index (χ0n) is 15.0. The average Bonchev–Trinajstić information content (AvgIpc) is 3.10. The number of urea groups is 1. The van der Waals surface area contributed by atoms with E-state index in [9.17, 15) is 14.4 Å².